The molecule has 2 unspecified atom stereocenters. The maximum absolute atomic E-state index is 11.1. The summed E-state index contributed by atoms with van der Waals surface area (Å²) in [5.74, 6) is -0.775. The first-order chi connectivity index (χ1) is 7.54. The van der Waals surface area contributed by atoms with Crippen LogP contribution in [0.3, 0.4) is 0 Å². The molecule has 2 atom stereocenters. The molecule has 0 radical (unpaired) electrons. The summed E-state index contributed by atoms with van der Waals surface area (Å²) in [5, 5.41) is 12.2. The number of carbonyl (C=O) groups is 1. The topological polar surface area (TPSA) is 61.8 Å². The smallest absolute Gasteiger partial charge is 0.322 e. The first-order valence-corrected chi connectivity index (χ1v) is 5.72. The Balaban J connectivity index is 2.36. The quantitative estimate of drug-likeness (QED) is 0.622. The maximum Gasteiger partial charge on any atom is 0.322 e. The van der Waals surface area contributed by atoms with Crippen molar-refractivity contribution in [2.24, 2.45) is 0 Å². The average Bonchev–Trinajstić information content (AvgIpc) is 3.00. The normalized spacial score (nSPS) is 19.8. The maximum atomic E-state index is 11.1. The Hall–Kier alpha value is -0.650. The summed E-state index contributed by atoms with van der Waals surface area (Å²) < 4.78 is 5.05. The van der Waals surface area contributed by atoms with Crippen LogP contribution in [-0.2, 0) is 9.53 Å². The van der Waals surface area contributed by atoms with E-state index < -0.39 is 12.0 Å². The molecule has 16 heavy (non-hydrogen) atoms. The Morgan fingerprint density at radius 3 is 2.69 bits per heavy atom. The van der Waals surface area contributed by atoms with E-state index in [1.807, 2.05) is 18.9 Å². The first kappa shape index (κ1) is 13.4. The average molecular weight is 230 g/mol. The highest BCUT2D eigenvalue weighted by Crippen LogP contribution is 2.19. The number of nitrogens with zero attached hydrogens (tertiary/aromatic N) is 1. The Morgan fingerprint density at radius 2 is 2.25 bits per heavy atom. The third-order valence-electron chi connectivity index (χ3n) is 2.94. The van der Waals surface area contributed by atoms with E-state index in [4.69, 9.17) is 9.84 Å². The summed E-state index contributed by atoms with van der Waals surface area (Å²) >= 11 is 0. The number of nitrogens with one attached hydrogen (secondary N) is 1. The number of rotatable bonds is 8. The highest BCUT2D eigenvalue weighted by Gasteiger charge is 2.29. The van der Waals surface area contributed by atoms with E-state index in [1.165, 1.54) is 0 Å². The number of carboxylic acid groups (broad SMARTS) is 1. The minimum Gasteiger partial charge on any atom is -0.480 e. The Kier molecular flexibility index (Phi) is 5.18. The van der Waals surface area contributed by atoms with E-state index in [-0.39, 0.29) is 6.04 Å². The number of hydrogen-bond donors (Lipinski definition) is 2. The minimum atomic E-state index is -0.775. The zero-order valence-electron chi connectivity index (χ0n) is 10.3. The van der Waals surface area contributed by atoms with Gasteiger partial charge in [0.05, 0.1) is 6.61 Å². The molecule has 2 N–H and O–H groups in total. The van der Waals surface area contributed by atoms with Gasteiger partial charge in [-0.2, -0.15) is 0 Å². The second kappa shape index (κ2) is 6.18. The van der Waals surface area contributed by atoms with Crippen LogP contribution in [-0.4, -0.2) is 61.4 Å². The van der Waals surface area contributed by atoms with Crippen LogP contribution in [0.1, 0.15) is 19.8 Å². The lowest BCUT2D eigenvalue weighted by Crippen LogP contribution is -2.48. The van der Waals surface area contributed by atoms with E-state index in [0.29, 0.717) is 19.2 Å². The minimum absolute atomic E-state index is 0.229. The van der Waals surface area contributed by atoms with Gasteiger partial charge >= 0.3 is 5.97 Å². The van der Waals surface area contributed by atoms with E-state index in [9.17, 15) is 4.79 Å². The zero-order valence-corrected chi connectivity index (χ0v) is 10.3. The lowest BCUT2D eigenvalue weighted by atomic mass is 10.2. The van der Waals surface area contributed by atoms with Crippen LogP contribution < -0.4 is 5.32 Å². The second-order valence-corrected chi connectivity index (χ2v) is 4.58. The summed E-state index contributed by atoms with van der Waals surface area (Å²) in [6.07, 6.45) is 2.20. The van der Waals surface area contributed by atoms with E-state index >= 15 is 0 Å². The molecule has 1 fully saturated rings. The summed E-state index contributed by atoms with van der Waals surface area (Å²) in [7, 11) is 3.58. The number of methoxy groups -OCH3 is 1. The molecule has 0 aromatic heterocycles. The Bertz CT molecular complexity index is 231. The molecule has 0 aliphatic heterocycles. The van der Waals surface area contributed by atoms with E-state index in [1.54, 1.807) is 7.11 Å². The van der Waals surface area contributed by atoms with Crippen LogP contribution in [0.15, 0.2) is 0 Å². The van der Waals surface area contributed by atoms with Gasteiger partial charge in [-0.25, -0.2) is 0 Å². The molecule has 0 spiro atoms. The molecular formula is C11H22N2O3. The molecule has 5 nitrogen and oxygen atoms in total. The van der Waals surface area contributed by atoms with Crippen molar-refractivity contribution in [1.29, 1.82) is 0 Å². The molecule has 1 aliphatic carbocycles. The molecule has 0 bridgehead atoms. The molecule has 5 heteroatoms. The summed E-state index contributed by atoms with van der Waals surface area (Å²) in [6, 6.07) is 0.164. The lowest BCUT2D eigenvalue weighted by Gasteiger charge is -2.27. The number of carboxylic acids is 1. The predicted molar refractivity (Wildman–Crippen MR) is 61.5 cm³/mol. The fraction of sp³-hybridized carbons (Fsp3) is 0.909. The third-order valence-corrected chi connectivity index (χ3v) is 2.94. The number of aliphatic carboxylic acids is 1. The zero-order chi connectivity index (χ0) is 12.1. The summed E-state index contributed by atoms with van der Waals surface area (Å²) in [6.45, 7) is 3.15. The summed E-state index contributed by atoms with van der Waals surface area (Å²) in [4.78, 5) is 13.1. The molecule has 0 aromatic rings. The SMILES string of the molecule is COCC(C)N(C)CC(NC1CC1)C(=O)O. The van der Waals surface area contributed by atoms with Crippen LogP contribution in [0.5, 0.6) is 0 Å². The first-order valence-electron chi connectivity index (χ1n) is 5.72. The Labute approximate surface area is 96.8 Å². The van der Waals surface area contributed by atoms with Crippen molar-refractivity contribution in [2.75, 3.05) is 27.3 Å². The van der Waals surface area contributed by atoms with Crippen molar-refractivity contribution in [3.8, 4) is 0 Å². The van der Waals surface area contributed by atoms with Gasteiger partial charge in [-0.3, -0.25) is 9.69 Å². The monoisotopic (exact) mass is 230 g/mol. The van der Waals surface area contributed by atoms with Gasteiger partial charge in [0, 0.05) is 25.7 Å². The third kappa shape index (κ3) is 4.47. The van der Waals surface area contributed by atoms with Gasteiger partial charge in [0.1, 0.15) is 6.04 Å². The van der Waals surface area contributed by atoms with Gasteiger partial charge in [-0.05, 0) is 26.8 Å². The van der Waals surface area contributed by atoms with Crippen LogP contribution in [0.4, 0.5) is 0 Å². The van der Waals surface area contributed by atoms with E-state index in [0.717, 1.165) is 12.8 Å². The molecule has 1 saturated carbocycles. The van der Waals surface area contributed by atoms with E-state index in [2.05, 4.69) is 5.32 Å². The molecule has 1 rings (SSSR count). The second-order valence-electron chi connectivity index (χ2n) is 4.58. The highest BCUT2D eigenvalue weighted by molar-refractivity contribution is 5.73. The van der Waals surface area contributed by atoms with Gasteiger partial charge < -0.3 is 15.2 Å². The standard InChI is InChI=1S/C11H22N2O3/c1-8(7-16-3)13(2)6-10(11(14)15)12-9-4-5-9/h8-10,12H,4-7H2,1-3H3,(H,14,15). The van der Waals surface area contributed by atoms with Gasteiger partial charge in [0.15, 0.2) is 0 Å². The van der Waals surface area contributed by atoms with Crippen molar-refractivity contribution in [3.05, 3.63) is 0 Å². The van der Waals surface area contributed by atoms with Gasteiger partial charge in [-0.1, -0.05) is 0 Å². The van der Waals surface area contributed by atoms with Crippen LogP contribution in [0.2, 0.25) is 0 Å². The molecule has 94 valence electrons. The van der Waals surface area contributed by atoms with Crippen molar-refractivity contribution in [1.82, 2.24) is 10.2 Å². The molecule has 0 aromatic carbocycles. The molecule has 0 saturated heterocycles. The van der Waals surface area contributed by atoms with Crippen molar-refractivity contribution in [3.63, 3.8) is 0 Å². The van der Waals surface area contributed by atoms with Crippen molar-refractivity contribution >= 4 is 5.97 Å². The number of ether oxygens (including phenoxy) is 1. The molecule has 0 heterocycles. The fourth-order valence-corrected chi connectivity index (χ4v) is 1.57. The largest absolute Gasteiger partial charge is 0.480 e. The van der Waals surface area contributed by atoms with Gasteiger partial charge in [0.2, 0.25) is 0 Å². The number of likely N-dealkylation sites (N-methyl/N-ethyl adjacent to an activating group) is 1. The lowest BCUT2D eigenvalue weighted by molar-refractivity contribution is -0.140. The molecule has 0 amide bonds. The van der Waals surface area contributed by atoms with Crippen molar-refractivity contribution in [2.45, 2.75) is 37.9 Å². The Morgan fingerprint density at radius 1 is 1.62 bits per heavy atom. The fourth-order valence-electron chi connectivity index (χ4n) is 1.57. The van der Waals surface area contributed by atoms with Gasteiger partial charge in [-0.15, -0.1) is 0 Å². The van der Waals surface area contributed by atoms with Crippen LogP contribution in [0.25, 0.3) is 0 Å². The molecule has 1 aliphatic rings. The number of hydrogen-bond acceptors (Lipinski definition) is 4. The van der Waals surface area contributed by atoms with Crippen LogP contribution >= 0.6 is 0 Å². The van der Waals surface area contributed by atoms with Crippen molar-refractivity contribution < 1.29 is 14.6 Å². The van der Waals surface area contributed by atoms with Crippen LogP contribution in [0, 0.1) is 0 Å². The molecular weight excluding hydrogens is 208 g/mol. The van der Waals surface area contributed by atoms with Gasteiger partial charge in [0.25, 0.3) is 0 Å². The highest BCUT2D eigenvalue weighted by atomic mass is 16.5. The predicted octanol–water partition coefficient (Wildman–Crippen LogP) is 0.158. The summed E-state index contributed by atoms with van der Waals surface area (Å²) in [5.41, 5.74) is 0.